The summed E-state index contributed by atoms with van der Waals surface area (Å²) in [5, 5.41) is 8.58. The van der Waals surface area contributed by atoms with E-state index in [0.717, 1.165) is 4.90 Å². The first-order valence-electron chi connectivity index (χ1n) is 4.87. The van der Waals surface area contributed by atoms with Crippen molar-refractivity contribution in [1.29, 1.82) is 0 Å². The van der Waals surface area contributed by atoms with Crippen LogP contribution in [0.3, 0.4) is 0 Å². The molecular weight excluding hydrogens is 216 g/mol. The normalized spacial score (nSPS) is 21.9. The van der Waals surface area contributed by atoms with Gasteiger partial charge in [-0.2, -0.15) is 0 Å². The van der Waals surface area contributed by atoms with Crippen LogP contribution in [0.15, 0.2) is 0 Å². The van der Waals surface area contributed by atoms with Gasteiger partial charge in [0.25, 0.3) is 0 Å². The number of carboxylic acids is 1. The lowest BCUT2D eigenvalue weighted by Gasteiger charge is -2.45. The van der Waals surface area contributed by atoms with Crippen LogP contribution in [0, 0.1) is 0 Å². The van der Waals surface area contributed by atoms with Crippen molar-refractivity contribution < 1.29 is 24.2 Å². The molecule has 2 fully saturated rings. The fourth-order valence-corrected chi connectivity index (χ4v) is 2.01. The van der Waals surface area contributed by atoms with Crippen LogP contribution in [0.4, 0.5) is 4.79 Å². The number of carbonyl (C=O) groups is 3. The number of hydrogen-bond acceptors (Lipinski definition) is 4. The lowest BCUT2D eigenvalue weighted by Crippen LogP contribution is -2.65. The van der Waals surface area contributed by atoms with E-state index >= 15 is 0 Å². The maximum Gasteiger partial charge on any atom is 0.411 e. The van der Waals surface area contributed by atoms with Crippen LogP contribution in [0.5, 0.6) is 0 Å². The number of nitrogens with zero attached hydrogens (tertiary/aromatic N) is 2. The van der Waals surface area contributed by atoms with Crippen molar-refractivity contribution in [3.05, 3.63) is 0 Å². The maximum atomic E-state index is 11.3. The Morgan fingerprint density at radius 3 is 2.56 bits per heavy atom. The lowest BCUT2D eigenvalue weighted by molar-refractivity contribution is -0.148. The molecule has 1 N–H and O–H groups in total. The van der Waals surface area contributed by atoms with E-state index in [1.54, 1.807) is 4.90 Å². The first-order valence-corrected chi connectivity index (χ1v) is 4.87. The molecule has 2 rings (SSSR count). The van der Waals surface area contributed by atoms with Crippen molar-refractivity contribution in [3.8, 4) is 0 Å². The molecule has 2 aliphatic heterocycles. The van der Waals surface area contributed by atoms with Crippen LogP contribution in [0.2, 0.25) is 0 Å². The highest BCUT2D eigenvalue weighted by molar-refractivity contribution is 5.80. The number of carbonyl (C=O) groups excluding carboxylic acids is 2. The van der Waals surface area contributed by atoms with Crippen molar-refractivity contribution in [2.45, 2.75) is 12.5 Å². The molecule has 2 saturated heterocycles. The maximum absolute atomic E-state index is 11.3. The van der Waals surface area contributed by atoms with Gasteiger partial charge in [-0.05, 0) is 0 Å². The van der Waals surface area contributed by atoms with E-state index in [2.05, 4.69) is 0 Å². The van der Waals surface area contributed by atoms with Crippen LogP contribution >= 0.6 is 0 Å². The van der Waals surface area contributed by atoms with E-state index < -0.39 is 17.7 Å². The van der Waals surface area contributed by atoms with Crippen molar-refractivity contribution in [2.24, 2.45) is 0 Å². The average molecular weight is 228 g/mol. The van der Waals surface area contributed by atoms with Crippen LogP contribution < -0.4 is 0 Å². The number of likely N-dealkylation sites (tertiary alicyclic amines) is 1. The average Bonchev–Trinajstić information content (AvgIpc) is 2.40. The number of aliphatic carboxylic acids is 1. The zero-order valence-corrected chi connectivity index (χ0v) is 8.80. The summed E-state index contributed by atoms with van der Waals surface area (Å²) in [5.74, 6) is -1.14. The Morgan fingerprint density at radius 2 is 2.06 bits per heavy atom. The SMILES string of the molecule is CC(=O)N1CC2(C1)CN(CC(=O)O)C(=O)O2. The highest BCUT2D eigenvalue weighted by atomic mass is 16.6. The highest BCUT2D eigenvalue weighted by Gasteiger charge is 2.54. The first-order chi connectivity index (χ1) is 7.42. The minimum atomic E-state index is -1.07. The first kappa shape index (κ1) is 10.7. The zero-order valence-electron chi connectivity index (χ0n) is 8.80. The third-order valence-electron chi connectivity index (χ3n) is 2.77. The Kier molecular flexibility index (Phi) is 2.25. The smallest absolute Gasteiger partial charge is 0.411 e. The van der Waals surface area contributed by atoms with Gasteiger partial charge in [0, 0.05) is 6.92 Å². The number of rotatable bonds is 2. The third-order valence-corrected chi connectivity index (χ3v) is 2.77. The molecule has 0 aromatic carbocycles. The van der Waals surface area contributed by atoms with Gasteiger partial charge in [-0.15, -0.1) is 0 Å². The molecule has 7 heteroatoms. The van der Waals surface area contributed by atoms with Crippen LogP contribution in [-0.2, 0) is 14.3 Å². The number of hydrogen-bond donors (Lipinski definition) is 1. The van der Waals surface area contributed by atoms with Gasteiger partial charge in [0.15, 0.2) is 5.60 Å². The number of amides is 2. The van der Waals surface area contributed by atoms with Crippen molar-refractivity contribution in [1.82, 2.24) is 9.80 Å². The minimum absolute atomic E-state index is 0.0710. The Bertz CT molecular complexity index is 361. The molecule has 0 bridgehead atoms. The van der Waals surface area contributed by atoms with E-state index in [4.69, 9.17) is 9.84 Å². The molecule has 0 aromatic rings. The second kappa shape index (κ2) is 3.36. The van der Waals surface area contributed by atoms with Gasteiger partial charge in [-0.1, -0.05) is 0 Å². The molecule has 0 atom stereocenters. The van der Waals surface area contributed by atoms with Gasteiger partial charge in [0.05, 0.1) is 19.6 Å². The van der Waals surface area contributed by atoms with Crippen LogP contribution in [-0.4, -0.2) is 64.7 Å². The summed E-state index contributed by atoms with van der Waals surface area (Å²) >= 11 is 0. The standard InChI is InChI=1S/C9H12N2O5/c1-6(12)11-4-9(5-11)3-10(2-7(13)14)8(15)16-9/h2-5H2,1H3,(H,13,14). The second-order valence-electron chi connectivity index (χ2n) is 4.18. The molecule has 2 heterocycles. The lowest BCUT2D eigenvalue weighted by atomic mass is 9.94. The van der Waals surface area contributed by atoms with Gasteiger partial charge in [-0.25, -0.2) is 4.79 Å². The quantitative estimate of drug-likeness (QED) is 0.663. The van der Waals surface area contributed by atoms with Crippen molar-refractivity contribution in [3.63, 3.8) is 0 Å². The Balaban J connectivity index is 1.95. The summed E-state index contributed by atoms with van der Waals surface area (Å²) in [6.45, 7) is 2.02. The van der Waals surface area contributed by atoms with Gasteiger partial charge in [0.2, 0.25) is 5.91 Å². The Labute approximate surface area is 91.6 Å². The summed E-state index contributed by atoms with van der Waals surface area (Å²) in [4.78, 5) is 35.5. The molecule has 0 saturated carbocycles. The largest absolute Gasteiger partial charge is 0.480 e. The summed E-state index contributed by atoms with van der Waals surface area (Å²) in [7, 11) is 0. The Morgan fingerprint density at radius 1 is 1.44 bits per heavy atom. The van der Waals surface area contributed by atoms with Gasteiger partial charge >= 0.3 is 12.1 Å². The molecule has 7 nitrogen and oxygen atoms in total. The predicted molar refractivity (Wildman–Crippen MR) is 50.7 cm³/mol. The molecule has 1 spiro atoms. The monoisotopic (exact) mass is 228 g/mol. The van der Waals surface area contributed by atoms with Crippen molar-refractivity contribution >= 4 is 18.0 Å². The molecule has 2 amide bonds. The van der Waals surface area contributed by atoms with Gasteiger partial charge in [-0.3, -0.25) is 14.5 Å². The van der Waals surface area contributed by atoms with Crippen molar-refractivity contribution in [2.75, 3.05) is 26.2 Å². The molecule has 0 radical (unpaired) electrons. The molecule has 16 heavy (non-hydrogen) atoms. The summed E-state index contributed by atoms with van der Waals surface area (Å²) in [6.07, 6.45) is -0.620. The predicted octanol–water partition coefficient (Wildman–Crippen LogP) is -0.876. The molecule has 88 valence electrons. The number of carboxylic acid groups (broad SMARTS) is 1. The summed E-state index contributed by atoms with van der Waals surface area (Å²) < 4.78 is 5.11. The van der Waals surface area contributed by atoms with E-state index in [1.165, 1.54) is 6.92 Å². The Hall–Kier alpha value is -1.79. The third kappa shape index (κ3) is 1.68. The molecule has 0 aromatic heterocycles. The van der Waals surface area contributed by atoms with Crippen LogP contribution in [0.25, 0.3) is 0 Å². The fourth-order valence-electron chi connectivity index (χ4n) is 2.01. The molecule has 2 aliphatic rings. The molecular formula is C9H12N2O5. The summed E-state index contributed by atoms with van der Waals surface area (Å²) in [5.41, 5.74) is -0.682. The fraction of sp³-hybridized carbons (Fsp3) is 0.667. The minimum Gasteiger partial charge on any atom is -0.480 e. The van der Waals surface area contributed by atoms with Gasteiger partial charge in [0.1, 0.15) is 6.54 Å². The second-order valence-corrected chi connectivity index (χ2v) is 4.18. The summed E-state index contributed by atoms with van der Waals surface area (Å²) in [6, 6.07) is 0. The van der Waals surface area contributed by atoms with E-state index in [1.807, 2.05) is 0 Å². The van der Waals surface area contributed by atoms with Gasteiger partial charge < -0.3 is 14.7 Å². The van der Waals surface area contributed by atoms with E-state index in [0.29, 0.717) is 13.1 Å². The highest BCUT2D eigenvalue weighted by Crippen LogP contribution is 2.32. The molecule has 0 unspecified atom stereocenters. The van der Waals surface area contributed by atoms with Crippen LogP contribution in [0.1, 0.15) is 6.92 Å². The zero-order chi connectivity index (χ0) is 11.9. The topological polar surface area (TPSA) is 87.2 Å². The van der Waals surface area contributed by atoms with E-state index in [-0.39, 0.29) is 19.0 Å². The molecule has 0 aliphatic carbocycles. The number of ether oxygens (including phenoxy) is 1. The van der Waals surface area contributed by atoms with E-state index in [9.17, 15) is 14.4 Å².